The fourth-order valence-corrected chi connectivity index (χ4v) is 1.20. The van der Waals surface area contributed by atoms with Crippen molar-refractivity contribution in [1.29, 1.82) is 0 Å². The fraction of sp³-hybridized carbons (Fsp3) is 0.182. The maximum Gasteiger partial charge on any atom is 0.323 e. The second kappa shape index (κ2) is 5.07. The minimum Gasteiger partial charge on any atom is -0.315 e. The van der Waals surface area contributed by atoms with Gasteiger partial charge in [-0.3, -0.25) is 0 Å². The summed E-state index contributed by atoms with van der Waals surface area (Å²) in [4.78, 5) is 11.2. The van der Waals surface area contributed by atoms with Gasteiger partial charge in [-0.25, -0.2) is 4.79 Å². The molecule has 3 heteroatoms. The number of aryl methyl sites for hydroxylation is 1. The third kappa shape index (κ3) is 2.62. The van der Waals surface area contributed by atoms with Gasteiger partial charge in [0.1, 0.15) is 0 Å². The molecule has 3 nitrogen and oxygen atoms in total. The van der Waals surface area contributed by atoms with E-state index in [0.717, 1.165) is 17.7 Å². The second-order valence-electron chi connectivity index (χ2n) is 2.81. The van der Waals surface area contributed by atoms with Gasteiger partial charge in [0.15, 0.2) is 0 Å². The Balaban J connectivity index is 2.74. The number of hydrogen-bond acceptors (Lipinski definition) is 1. The lowest BCUT2D eigenvalue weighted by atomic mass is 10.1. The molecule has 0 heterocycles. The lowest BCUT2D eigenvalue weighted by Crippen LogP contribution is -2.24. The number of carbonyl (C=O) groups is 1. The first kappa shape index (κ1) is 10.3. The number of amides is 2. The standard InChI is InChI=1S/C11H14N2O/c1-3-9-7-5-6-8-10(9)13-11(14)12-4-2/h4-8H,2-3H2,1H3,(H2,12,13,14). The van der Waals surface area contributed by atoms with Crippen molar-refractivity contribution in [3.05, 3.63) is 42.6 Å². The van der Waals surface area contributed by atoms with Gasteiger partial charge in [0.25, 0.3) is 0 Å². The summed E-state index contributed by atoms with van der Waals surface area (Å²) in [6, 6.07) is 7.45. The normalized spacial score (nSPS) is 9.21. The van der Waals surface area contributed by atoms with Crippen molar-refractivity contribution < 1.29 is 4.79 Å². The molecule has 1 aromatic carbocycles. The first-order valence-electron chi connectivity index (χ1n) is 4.54. The number of rotatable bonds is 3. The number of benzene rings is 1. The Kier molecular flexibility index (Phi) is 3.73. The summed E-state index contributed by atoms with van der Waals surface area (Å²) in [6.07, 6.45) is 2.24. The summed E-state index contributed by atoms with van der Waals surface area (Å²) in [6.45, 7) is 5.46. The molecule has 0 aliphatic carbocycles. The molecule has 0 bridgehead atoms. The zero-order chi connectivity index (χ0) is 10.4. The SMILES string of the molecule is C=CNC(=O)Nc1ccccc1CC. The monoisotopic (exact) mass is 190 g/mol. The average Bonchev–Trinajstić information content (AvgIpc) is 2.19. The van der Waals surface area contributed by atoms with Crippen LogP contribution in [-0.4, -0.2) is 6.03 Å². The van der Waals surface area contributed by atoms with E-state index in [2.05, 4.69) is 17.2 Å². The molecule has 2 amide bonds. The maximum absolute atomic E-state index is 11.2. The topological polar surface area (TPSA) is 41.1 Å². The Morgan fingerprint density at radius 3 is 2.86 bits per heavy atom. The van der Waals surface area contributed by atoms with Crippen molar-refractivity contribution in [2.45, 2.75) is 13.3 Å². The van der Waals surface area contributed by atoms with Crippen LogP contribution in [0.1, 0.15) is 12.5 Å². The second-order valence-corrected chi connectivity index (χ2v) is 2.81. The highest BCUT2D eigenvalue weighted by atomic mass is 16.2. The Hall–Kier alpha value is -1.77. The van der Waals surface area contributed by atoms with Crippen LogP contribution in [0.4, 0.5) is 10.5 Å². The molecule has 0 saturated heterocycles. The van der Waals surface area contributed by atoms with Crippen molar-refractivity contribution in [1.82, 2.24) is 5.32 Å². The van der Waals surface area contributed by atoms with Gasteiger partial charge in [0.2, 0.25) is 0 Å². The highest BCUT2D eigenvalue weighted by molar-refractivity contribution is 5.90. The van der Waals surface area contributed by atoms with Gasteiger partial charge in [0, 0.05) is 5.69 Å². The van der Waals surface area contributed by atoms with Crippen molar-refractivity contribution in [2.24, 2.45) is 0 Å². The number of para-hydroxylation sites is 1. The van der Waals surface area contributed by atoms with E-state index in [-0.39, 0.29) is 6.03 Å². The van der Waals surface area contributed by atoms with Crippen molar-refractivity contribution >= 4 is 11.7 Å². The molecule has 0 fully saturated rings. The van der Waals surface area contributed by atoms with Crippen LogP contribution < -0.4 is 10.6 Å². The van der Waals surface area contributed by atoms with Gasteiger partial charge in [-0.2, -0.15) is 0 Å². The molecule has 1 aromatic rings. The fourth-order valence-electron chi connectivity index (χ4n) is 1.20. The largest absolute Gasteiger partial charge is 0.323 e. The van der Waals surface area contributed by atoms with Gasteiger partial charge >= 0.3 is 6.03 Å². The van der Waals surface area contributed by atoms with Crippen LogP contribution in [0.15, 0.2) is 37.0 Å². The number of nitrogens with one attached hydrogen (secondary N) is 2. The first-order chi connectivity index (χ1) is 6.77. The van der Waals surface area contributed by atoms with Crippen LogP contribution in [0.25, 0.3) is 0 Å². The van der Waals surface area contributed by atoms with Gasteiger partial charge < -0.3 is 10.6 Å². The minimum atomic E-state index is -0.263. The molecule has 0 radical (unpaired) electrons. The predicted octanol–water partition coefficient (Wildman–Crippen LogP) is 2.51. The summed E-state index contributed by atoms with van der Waals surface area (Å²) >= 11 is 0. The number of hydrogen-bond donors (Lipinski definition) is 2. The molecular weight excluding hydrogens is 176 g/mol. The lowest BCUT2D eigenvalue weighted by Gasteiger charge is -2.08. The summed E-state index contributed by atoms with van der Waals surface area (Å²) in [5, 5.41) is 5.20. The predicted molar refractivity (Wildman–Crippen MR) is 58.2 cm³/mol. The zero-order valence-electron chi connectivity index (χ0n) is 8.21. The first-order valence-corrected chi connectivity index (χ1v) is 4.54. The summed E-state index contributed by atoms with van der Waals surface area (Å²) in [7, 11) is 0. The van der Waals surface area contributed by atoms with Crippen LogP contribution >= 0.6 is 0 Å². The van der Waals surface area contributed by atoms with Crippen LogP contribution in [0, 0.1) is 0 Å². The van der Waals surface area contributed by atoms with E-state index in [0.29, 0.717) is 0 Å². The molecule has 2 N–H and O–H groups in total. The molecule has 0 unspecified atom stereocenters. The van der Waals surface area contributed by atoms with E-state index in [1.807, 2.05) is 31.2 Å². The highest BCUT2D eigenvalue weighted by Crippen LogP contribution is 2.14. The van der Waals surface area contributed by atoms with Gasteiger partial charge in [-0.1, -0.05) is 31.7 Å². The summed E-state index contributed by atoms with van der Waals surface area (Å²) in [5.74, 6) is 0. The molecule has 0 aliphatic heterocycles. The van der Waals surface area contributed by atoms with E-state index >= 15 is 0 Å². The van der Waals surface area contributed by atoms with Crippen LogP contribution in [0.3, 0.4) is 0 Å². The average molecular weight is 190 g/mol. The minimum absolute atomic E-state index is 0.263. The van der Waals surface area contributed by atoms with Gasteiger partial charge in [-0.15, -0.1) is 0 Å². The molecular formula is C11H14N2O. The highest BCUT2D eigenvalue weighted by Gasteiger charge is 2.02. The molecule has 0 aromatic heterocycles. The number of urea groups is 1. The maximum atomic E-state index is 11.2. The lowest BCUT2D eigenvalue weighted by molar-refractivity contribution is 0.255. The van der Waals surface area contributed by atoms with Gasteiger partial charge in [-0.05, 0) is 24.3 Å². The Bertz CT molecular complexity index is 334. The van der Waals surface area contributed by atoms with Crippen LogP contribution in [0.2, 0.25) is 0 Å². The third-order valence-corrected chi connectivity index (χ3v) is 1.88. The summed E-state index contributed by atoms with van der Waals surface area (Å²) < 4.78 is 0. The smallest absolute Gasteiger partial charge is 0.315 e. The van der Waals surface area contributed by atoms with E-state index in [1.165, 1.54) is 6.20 Å². The quantitative estimate of drug-likeness (QED) is 0.755. The Morgan fingerprint density at radius 2 is 2.21 bits per heavy atom. The third-order valence-electron chi connectivity index (χ3n) is 1.88. The molecule has 0 aliphatic rings. The van der Waals surface area contributed by atoms with E-state index in [1.54, 1.807) is 0 Å². The number of carbonyl (C=O) groups excluding carboxylic acids is 1. The van der Waals surface area contributed by atoms with E-state index in [9.17, 15) is 4.79 Å². The zero-order valence-corrected chi connectivity index (χ0v) is 8.21. The summed E-state index contributed by atoms with van der Waals surface area (Å²) in [5.41, 5.74) is 1.96. The van der Waals surface area contributed by atoms with Gasteiger partial charge in [0.05, 0.1) is 0 Å². The Morgan fingerprint density at radius 1 is 1.50 bits per heavy atom. The number of anilines is 1. The van der Waals surface area contributed by atoms with Crippen molar-refractivity contribution in [3.63, 3.8) is 0 Å². The van der Waals surface area contributed by atoms with E-state index < -0.39 is 0 Å². The molecule has 0 atom stereocenters. The molecule has 74 valence electrons. The van der Waals surface area contributed by atoms with Crippen molar-refractivity contribution in [2.75, 3.05) is 5.32 Å². The Labute approximate surface area is 83.8 Å². The van der Waals surface area contributed by atoms with Crippen molar-refractivity contribution in [3.8, 4) is 0 Å². The molecule has 1 rings (SSSR count). The van der Waals surface area contributed by atoms with Crippen LogP contribution in [-0.2, 0) is 6.42 Å². The molecule has 0 spiro atoms. The van der Waals surface area contributed by atoms with Crippen LogP contribution in [0.5, 0.6) is 0 Å². The molecule has 0 saturated carbocycles. The molecule has 14 heavy (non-hydrogen) atoms. The van der Waals surface area contributed by atoms with E-state index in [4.69, 9.17) is 0 Å².